The first-order valence-corrected chi connectivity index (χ1v) is 6.06. The van der Waals surface area contributed by atoms with Gasteiger partial charge in [0.1, 0.15) is 11.4 Å². The molecule has 3 N–H and O–H groups in total. The van der Waals surface area contributed by atoms with E-state index < -0.39 is 0 Å². The van der Waals surface area contributed by atoms with Crippen LogP contribution in [-0.2, 0) is 16.8 Å². The Labute approximate surface area is 96.6 Å². The zero-order valence-corrected chi connectivity index (χ0v) is 10.2. The fraction of sp³-hybridized carbons (Fsp3) is 0.750. The maximum Gasteiger partial charge on any atom is 0.138 e. The fourth-order valence-electron chi connectivity index (χ4n) is 2.25. The number of hydrogen-bond acceptors (Lipinski definition) is 3. The molecule has 1 fully saturated rings. The van der Waals surface area contributed by atoms with Gasteiger partial charge in [0.25, 0.3) is 0 Å². The van der Waals surface area contributed by atoms with Gasteiger partial charge in [-0.25, -0.2) is 4.98 Å². The Balaban J connectivity index is 2.22. The predicted octanol–water partition coefficient (Wildman–Crippen LogP) is 1.64. The lowest BCUT2D eigenvalue weighted by atomic mass is 9.95. The molecule has 1 aromatic rings. The number of aromatic nitrogens is 2. The smallest absolute Gasteiger partial charge is 0.138 e. The van der Waals surface area contributed by atoms with Crippen molar-refractivity contribution >= 4 is 0 Å². The highest BCUT2D eigenvalue weighted by Crippen LogP contribution is 2.33. The maximum atomic E-state index is 5.87. The van der Waals surface area contributed by atoms with E-state index >= 15 is 0 Å². The highest BCUT2D eigenvalue weighted by molar-refractivity contribution is 5.17. The van der Waals surface area contributed by atoms with Crippen LogP contribution >= 0.6 is 0 Å². The molecule has 1 unspecified atom stereocenters. The Hall–Kier alpha value is -0.870. The number of H-pyrrole nitrogens is 1. The molecule has 16 heavy (non-hydrogen) atoms. The normalized spacial score (nSPS) is 25.9. The maximum absolute atomic E-state index is 5.87. The summed E-state index contributed by atoms with van der Waals surface area (Å²) in [6.45, 7) is 5.65. The number of nitrogens with two attached hydrogens (primary N) is 1. The lowest BCUT2D eigenvalue weighted by molar-refractivity contribution is -0.0756. The number of hydrogen-bond donors (Lipinski definition) is 2. The molecule has 0 bridgehead atoms. The highest BCUT2D eigenvalue weighted by Gasteiger charge is 2.33. The van der Waals surface area contributed by atoms with Gasteiger partial charge in [-0.15, -0.1) is 0 Å². The molecule has 1 atom stereocenters. The molecule has 1 aliphatic rings. The lowest BCUT2D eigenvalue weighted by Gasteiger charge is -2.31. The van der Waals surface area contributed by atoms with Crippen LogP contribution in [0.3, 0.4) is 0 Å². The predicted molar refractivity (Wildman–Crippen MR) is 63.2 cm³/mol. The van der Waals surface area contributed by atoms with Gasteiger partial charge < -0.3 is 15.5 Å². The molecule has 1 saturated heterocycles. The number of nitrogens with one attached hydrogen (secondary N) is 1. The Morgan fingerprint density at radius 3 is 2.94 bits per heavy atom. The average molecular weight is 223 g/mol. The van der Waals surface area contributed by atoms with Crippen molar-refractivity contribution in [2.75, 3.05) is 13.2 Å². The van der Waals surface area contributed by atoms with Crippen molar-refractivity contribution in [3.8, 4) is 0 Å². The van der Waals surface area contributed by atoms with E-state index in [4.69, 9.17) is 10.5 Å². The summed E-state index contributed by atoms with van der Waals surface area (Å²) in [5.41, 5.74) is 7.54. The van der Waals surface area contributed by atoms with Crippen LogP contribution in [0.15, 0.2) is 0 Å². The van der Waals surface area contributed by atoms with E-state index in [2.05, 4.69) is 16.9 Å². The van der Waals surface area contributed by atoms with Gasteiger partial charge in [0, 0.05) is 18.7 Å². The first kappa shape index (κ1) is 11.6. The van der Waals surface area contributed by atoms with Crippen LogP contribution in [0, 0.1) is 6.92 Å². The van der Waals surface area contributed by atoms with Crippen LogP contribution in [0.2, 0.25) is 0 Å². The second-order valence-corrected chi connectivity index (χ2v) is 4.73. The number of nitrogens with zero attached hydrogens (tertiary/aromatic N) is 1. The summed E-state index contributed by atoms with van der Waals surface area (Å²) < 4.78 is 5.87. The Bertz CT molecular complexity index is 353. The topological polar surface area (TPSA) is 63.9 Å². The van der Waals surface area contributed by atoms with E-state index in [1.165, 1.54) is 6.42 Å². The summed E-state index contributed by atoms with van der Waals surface area (Å²) >= 11 is 0. The van der Waals surface area contributed by atoms with E-state index in [1.54, 1.807) is 0 Å². The van der Waals surface area contributed by atoms with Crippen molar-refractivity contribution in [2.24, 2.45) is 5.73 Å². The molecule has 0 aromatic carbocycles. The molecule has 1 aliphatic heterocycles. The van der Waals surface area contributed by atoms with E-state index in [9.17, 15) is 0 Å². The zero-order chi connectivity index (χ0) is 11.6. The van der Waals surface area contributed by atoms with Gasteiger partial charge in [0.2, 0.25) is 0 Å². The molecule has 0 radical (unpaired) electrons. The number of imidazole rings is 1. The van der Waals surface area contributed by atoms with Crippen LogP contribution in [0.4, 0.5) is 0 Å². The molecule has 2 heterocycles. The van der Waals surface area contributed by atoms with Gasteiger partial charge >= 0.3 is 0 Å². The highest BCUT2D eigenvalue weighted by atomic mass is 16.5. The van der Waals surface area contributed by atoms with Crippen molar-refractivity contribution in [3.63, 3.8) is 0 Å². The van der Waals surface area contributed by atoms with Crippen molar-refractivity contribution in [1.29, 1.82) is 0 Å². The van der Waals surface area contributed by atoms with Gasteiger partial charge in [-0.3, -0.25) is 0 Å². The molecular formula is C12H21N3O. The third-order valence-electron chi connectivity index (χ3n) is 3.34. The SMILES string of the molecule is Cc1[nH]c(C2(C)CCCCO2)nc1CCN. The second kappa shape index (κ2) is 4.55. The van der Waals surface area contributed by atoms with Crippen LogP contribution in [0.25, 0.3) is 0 Å². The summed E-state index contributed by atoms with van der Waals surface area (Å²) in [6, 6.07) is 0. The molecular weight excluding hydrogens is 202 g/mol. The van der Waals surface area contributed by atoms with Crippen LogP contribution in [-0.4, -0.2) is 23.1 Å². The number of aromatic amines is 1. The summed E-state index contributed by atoms with van der Waals surface area (Å²) in [6.07, 6.45) is 4.24. The largest absolute Gasteiger partial charge is 0.367 e. The molecule has 4 heteroatoms. The van der Waals surface area contributed by atoms with Crippen molar-refractivity contribution in [1.82, 2.24) is 9.97 Å². The third-order valence-corrected chi connectivity index (χ3v) is 3.34. The summed E-state index contributed by atoms with van der Waals surface area (Å²) in [7, 11) is 0. The number of aryl methyl sites for hydroxylation is 1. The molecule has 1 aromatic heterocycles. The molecule has 0 spiro atoms. The zero-order valence-electron chi connectivity index (χ0n) is 10.2. The first-order chi connectivity index (χ1) is 7.65. The summed E-state index contributed by atoms with van der Waals surface area (Å²) in [5.74, 6) is 0.966. The molecule has 90 valence electrons. The summed E-state index contributed by atoms with van der Waals surface area (Å²) in [4.78, 5) is 7.98. The minimum atomic E-state index is -0.226. The standard InChI is InChI=1S/C12H21N3O/c1-9-10(5-7-13)15-11(14-9)12(2)6-3-4-8-16-12/h3-8,13H2,1-2H3,(H,14,15). The minimum absolute atomic E-state index is 0.226. The van der Waals surface area contributed by atoms with Gasteiger partial charge in [0.05, 0.1) is 5.69 Å². The van der Waals surface area contributed by atoms with Crippen LogP contribution < -0.4 is 5.73 Å². The molecule has 0 aliphatic carbocycles. The molecule has 2 rings (SSSR count). The number of ether oxygens (including phenoxy) is 1. The van der Waals surface area contributed by atoms with Gasteiger partial charge in [-0.05, 0) is 39.7 Å². The van der Waals surface area contributed by atoms with Gasteiger partial charge in [-0.2, -0.15) is 0 Å². The van der Waals surface area contributed by atoms with Gasteiger partial charge in [-0.1, -0.05) is 0 Å². The summed E-state index contributed by atoms with van der Waals surface area (Å²) in [5, 5.41) is 0. The Morgan fingerprint density at radius 1 is 1.50 bits per heavy atom. The fourth-order valence-corrected chi connectivity index (χ4v) is 2.25. The minimum Gasteiger partial charge on any atom is -0.367 e. The van der Waals surface area contributed by atoms with Crippen molar-refractivity contribution < 1.29 is 4.74 Å². The lowest BCUT2D eigenvalue weighted by Crippen LogP contribution is -2.31. The van der Waals surface area contributed by atoms with Crippen molar-refractivity contribution in [2.45, 2.75) is 45.1 Å². The molecule has 0 saturated carbocycles. The first-order valence-electron chi connectivity index (χ1n) is 6.06. The Kier molecular flexibility index (Phi) is 3.30. The van der Waals surface area contributed by atoms with E-state index in [0.717, 1.165) is 43.1 Å². The molecule has 0 amide bonds. The third kappa shape index (κ3) is 2.13. The van der Waals surface area contributed by atoms with Crippen molar-refractivity contribution in [3.05, 3.63) is 17.2 Å². The monoisotopic (exact) mass is 223 g/mol. The Morgan fingerprint density at radius 2 is 2.31 bits per heavy atom. The van der Waals surface area contributed by atoms with E-state index in [1.807, 2.05) is 6.92 Å². The molecule has 4 nitrogen and oxygen atoms in total. The van der Waals surface area contributed by atoms with E-state index in [-0.39, 0.29) is 5.60 Å². The van der Waals surface area contributed by atoms with E-state index in [0.29, 0.717) is 6.54 Å². The second-order valence-electron chi connectivity index (χ2n) is 4.73. The van der Waals surface area contributed by atoms with Gasteiger partial charge in [0.15, 0.2) is 0 Å². The van der Waals surface area contributed by atoms with Crippen LogP contribution in [0.1, 0.15) is 43.4 Å². The average Bonchev–Trinajstić information content (AvgIpc) is 2.63. The van der Waals surface area contributed by atoms with Crippen LogP contribution in [0.5, 0.6) is 0 Å². The quantitative estimate of drug-likeness (QED) is 0.818. The number of rotatable bonds is 3.